The van der Waals surface area contributed by atoms with Gasteiger partial charge in [0.25, 0.3) is 0 Å². The number of nitrogens with zero attached hydrogens (tertiary/aromatic N) is 1. The molecule has 2 rings (SSSR count). The molecule has 0 amide bonds. The summed E-state index contributed by atoms with van der Waals surface area (Å²) in [6.45, 7) is 1.63. The largest absolute Gasteiger partial charge is 0.328 e. The Hall–Kier alpha value is -0.960. The standard InChI is InChI=1S/C11H15FN2/c1-11(12,7-13)9-5-4-8-3-2-6-14-10(8)9/h2-3,6,9H,4-5,7,13H2,1H3. The summed E-state index contributed by atoms with van der Waals surface area (Å²) in [5.74, 6) is -0.122. The first kappa shape index (κ1) is 9.59. The SMILES string of the molecule is CC(F)(CN)C1CCc2cccnc21. The molecule has 0 bridgehead atoms. The minimum atomic E-state index is -1.32. The lowest BCUT2D eigenvalue weighted by atomic mass is 9.89. The normalized spacial score (nSPS) is 24.4. The fourth-order valence-corrected chi connectivity index (χ4v) is 2.14. The van der Waals surface area contributed by atoms with Crippen LogP contribution in [0.25, 0.3) is 0 Å². The van der Waals surface area contributed by atoms with E-state index in [-0.39, 0.29) is 12.5 Å². The molecular weight excluding hydrogens is 179 g/mol. The number of halogens is 1. The Labute approximate surface area is 83.3 Å². The Morgan fingerprint density at radius 2 is 2.50 bits per heavy atom. The molecule has 0 fully saturated rings. The lowest BCUT2D eigenvalue weighted by molar-refractivity contribution is 0.154. The van der Waals surface area contributed by atoms with Crippen LogP contribution >= 0.6 is 0 Å². The third-order valence-corrected chi connectivity index (χ3v) is 3.08. The second kappa shape index (κ2) is 3.31. The van der Waals surface area contributed by atoms with Crippen LogP contribution in [0.3, 0.4) is 0 Å². The summed E-state index contributed by atoms with van der Waals surface area (Å²) in [5.41, 5.74) is 6.20. The molecule has 76 valence electrons. The molecule has 2 nitrogen and oxygen atoms in total. The number of hydrogen-bond acceptors (Lipinski definition) is 2. The lowest BCUT2D eigenvalue weighted by Crippen LogP contribution is -2.35. The minimum Gasteiger partial charge on any atom is -0.328 e. The summed E-state index contributed by atoms with van der Waals surface area (Å²) < 4.78 is 14.0. The van der Waals surface area contributed by atoms with Crippen LogP contribution in [-0.4, -0.2) is 17.2 Å². The van der Waals surface area contributed by atoms with Gasteiger partial charge in [-0.2, -0.15) is 0 Å². The number of rotatable bonds is 2. The Morgan fingerprint density at radius 1 is 1.71 bits per heavy atom. The van der Waals surface area contributed by atoms with Crippen LogP contribution < -0.4 is 5.73 Å². The predicted molar refractivity (Wildman–Crippen MR) is 53.9 cm³/mol. The smallest absolute Gasteiger partial charge is 0.128 e. The van der Waals surface area contributed by atoms with E-state index in [1.807, 2.05) is 12.1 Å². The van der Waals surface area contributed by atoms with E-state index in [0.717, 1.165) is 18.5 Å². The maximum atomic E-state index is 14.0. The summed E-state index contributed by atoms with van der Waals surface area (Å²) in [6.07, 6.45) is 3.48. The molecule has 2 unspecified atom stereocenters. The molecule has 1 heterocycles. The second-order valence-electron chi connectivity index (χ2n) is 4.12. The van der Waals surface area contributed by atoms with Crippen molar-refractivity contribution in [2.75, 3.05) is 6.54 Å². The van der Waals surface area contributed by atoms with Crippen molar-refractivity contribution in [3.63, 3.8) is 0 Å². The zero-order chi connectivity index (χ0) is 10.2. The molecule has 2 atom stereocenters. The van der Waals surface area contributed by atoms with Crippen molar-refractivity contribution in [2.45, 2.75) is 31.4 Å². The first-order valence-corrected chi connectivity index (χ1v) is 4.98. The summed E-state index contributed by atoms with van der Waals surface area (Å²) >= 11 is 0. The maximum Gasteiger partial charge on any atom is 0.128 e. The molecule has 14 heavy (non-hydrogen) atoms. The Balaban J connectivity index is 2.35. The Morgan fingerprint density at radius 3 is 3.21 bits per heavy atom. The second-order valence-corrected chi connectivity index (χ2v) is 4.12. The maximum absolute atomic E-state index is 14.0. The summed E-state index contributed by atoms with van der Waals surface area (Å²) in [4.78, 5) is 4.26. The number of alkyl halides is 1. The number of aryl methyl sites for hydroxylation is 1. The Bertz CT molecular complexity index is 336. The van der Waals surface area contributed by atoms with Crippen molar-refractivity contribution in [3.05, 3.63) is 29.6 Å². The highest BCUT2D eigenvalue weighted by atomic mass is 19.1. The zero-order valence-corrected chi connectivity index (χ0v) is 8.33. The molecule has 0 aromatic carbocycles. The highest BCUT2D eigenvalue weighted by Crippen LogP contribution is 2.40. The quantitative estimate of drug-likeness (QED) is 0.779. The van der Waals surface area contributed by atoms with Gasteiger partial charge >= 0.3 is 0 Å². The van der Waals surface area contributed by atoms with Gasteiger partial charge in [0.05, 0.1) is 0 Å². The van der Waals surface area contributed by atoms with Gasteiger partial charge in [-0.15, -0.1) is 0 Å². The molecule has 0 saturated carbocycles. The molecule has 0 saturated heterocycles. The van der Waals surface area contributed by atoms with E-state index in [1.165, 1.54) is 5.56 Å². The summed E-state index contributed by atoms with van der Waals surface area (Å²) in [6, 6.07) is 3.92. The van der Waals surface area contributed by atoms with Gasteiger partial charge < -0.3 is 5.73 Å². The lowest BCUT2D eigenvalue weighted by Gasteiger charge is -2.25. The fourth-order valence-electron chi connectivity index (χ4n) is 2.14. The molecule has 1 aliphatic carbocycles. The number of aromatic nitrogens is 1. The van der Waals surface area contributed by atoms with Gasteiger partial charge in [0.1, 0.15) is 5.67 Å². The van der Waals surface area contributed by atoms with Crippen molar-refractivity contribution >= 4 is 0 Å². The number of hydrogen-bond donors (Lipinski definition) is 1. The van der Waals surface area contributed by atoms with Gasteiger partial charge in [-0.05, 0) is 31.4 Å². The monoisotopic (exact) mass is 194 g/mol. The van der Waals surface area contributed by atoms with Crippen LogP contribution in [0.5, 0.6) is 0 Å². The van der Waals surface area contributed by atoms with Gasteiger partial charge in [0, 0.05) is 24.4 Å². The van der Waals surface area contributed by atoms with Gasteiger partial charge in [-0.3, -0.25) is 4.98 Å². The first-order valence-electron chi connectivity index (χ1n) is 4.98. The molecule has 0 spiro atoms. The van der Waals surface area contributed by atoms with Crippen LogP contribution in [-0.2, 0) is 6.42 Å². The third-order valence-electron chi connectivity index (χ3n) is 3.08. The van der Waals surface area contributed by atoms with Gasteiger partial charge in [-0.25, -0.2) is 4.39 Å². The average Bonchev–Trinajstić information content (AvgIpc) is 2.61. The Kier molecular flexibility index (Phi) is 2.27. The molecular formula is C11H15FN2. The van der Waals surface area contributed by atoms with E-state index >= 15 is 0 Å². The highest BCUT2D eigenvalue weighted by Gasteiger charge is 2.39. The van der Waals surface area contributed by atoms with Crippen LogP contribution in [0, 0.1) is 0 Å². The summed E-state index contributed by atoms with van der Waals surface area (Å²) in [5, 5.41) is 0. The van der Waals surface area contributed by atoms with E-state index in [9.17, 15) is 4.39 Å². The van der Waals surface area contributed by atoms with E-state index in [0.29, 0.717) is 0 Å². The number of fused-ring (bicyclic) bond motifs is 1. The van der Waals surface area contributed by atoms with Crippen LogP contribution in [0.15, 0.2) is 18.3 Å². The van der Waals surface area contributed by atoms with E-state index in [1.54, 1.807) is 13.1 Å². The van der Waals surface area contributed by atoms with Gasteiger partial charge in [-0.1, -0.05) is 6.07 Å². The summed E-state index contributed by atoms with van der Waals surface area (Å²) in [7, 11) is 0. The van der Waals surface area contributed by atoms with E-state index in [2.05, 4.69) is 4.98 Å². The molecule has 3 heteroatoms. The molecule has 1 aromatic heterocycles. The van der Waals surface area contributed by atoms with Gasteiger partial charge in [0.2, 0.25) is 0 Å². The van der Waals surface area contributed by atoms with Crippen LogP contribution in [0.4, 0.5) is 4.39 Å². The molecule has 0 aliphatic heterocycles. The number of nitrogens with two attached hydrogens (primary N) is 1. The molecule has 1 aromatic rings. The van der Waals surface area contributed by atoms with Crippen molar-refractivity contribution in [1.82, 2.24) is 4.98 Å². The van der Waals surface area contributed by atoms with Crippen LogP contribution in [0.2, 0.25) is 0 Å². The van der Waals surface area contributed by atoms with Crippen molar-refractivity contribution in [1.29, 1.82) is 0 Å². The first-order chi connectivity index (χ1) is 6.65. The van der Waals surface area contributed by atoms with E-state index < -0.39 is 5.67 Å². The third kappa shape index (κ3) is 1.42. The zero-order valence-electron chi connectivity index (χ0n) is 8.33. The minimum absolute atomic E-state index is 0.0632. The topological polar surface area (TPSA) is 38.9 Å². The average molecular weight is 194 g/mol. The number of pyridine rings is 1. The predicted octanol–water partition coefficient (Wildman–Crippen LogP) is 1.80. The van der Waals surface area contributed by atoms with Crippen molar-refractivity contribution < 1.29 is 4.39 Å². The highest BCUT2D eigenvalue weighted by molar-refractivity contribution is 5.31. The van der Waals surface area contributed by atoms with Crippen LogP contribution in [0.1, 0.15) is 30.5 Å². The van der Waals surface area contributed by atoms with Crippen molar-refractivity contribution in [3.8, 4) is 0 Å². The van der Waals surface area contributed by atoms with Gasteiger partial charge in [0.15, 0.2) is 0 Å². The molecule has 2 N–H and O–H groups in total. The molecule has 1 aliphatic rings. The van der Waals surface area contributed by atoms with Crippen molar-refractivity contribution in [2.24, 2.45) is 5.73 Å². The fraction of sp³-hybridized carbons (Fsp3) is 0.545. The van der Waals surface area contributed by atoms with E-state index in [4.69, 9.17) is 5.73 Å². The molecule has 0 radical (unpaired) electrons.